The maximum Gasteiger partial charge on any atom is 0.337 e. The molecule has 0 atom stereocenters. The number of carboxylic acids is 1. The minimum Gasteiger partial charge on any atom is -0.478 e. The molecule has 0 amide bonds. The second kappa shape index (κ2) is 5.25. The zero-order valence-electron chi connectivity index (χ0n) is 9.02. The summed E-state index contributed by atoms with van der Waals surface area (Å²) in [4.78, 5) is 14.9. The third-order valence-corrected chi connectivity index (χ3v) is 2.81. The summed E-state index contributed by atoms with van der Waals surface area (Å²) in [6, 6.07) is 6.30. The number of halogens is 2. The largest absolute Gasteiger partial charge is 0.478 e. The molecule has 1 aromatic carbocycles. The summed E-state index contributed by atoms with van der Waals surface area (Å²) in [5.41, 5.74) is 0.995. The summed E-state index contributed by atoms with van der Waals surface area (Å²) in [6.07, 6.45) is 2.83. The first-order valence-corrected chi connectivity index (χ1v) is 5.73. The maximum absolute atomic E-state index is 11.0. The Bertz CT molecular complexity index is 602. The molecule has 18 heavy (non-hydrogen) atoms. The van der Waals surface area contributed by atoms with Crippen molar-refractivity contribution in [1.82, 2.24) is 4.98 Å². The SMILES string of the molecule is O=C(O)c1ccncc1Nc1cc(Cl)ccc1Cl. The van der Waals surface area contributed by atoms with Crippen molar-refractivity contribution in [2.75, 3.05) is 5.32 Å². The number of hydrogen-bond acceptors (Lipinski definition) is 3. The fraction of sp³-hybridized carbons (Fsp3) is 0. The highest BCUT2D eigenvalue weighted by Crippen LogP contribution is 2.29. The Labute approximate surface area is 113 Å². The molecule has 2 aromatic rings. The van der Waals surface area contributed by atoms with Crippen molar-refractivity contribution in [2.24, 2.45) is 0 Å². The summed E-state index contributed by atoms with van der Waals surface area (Å²) < 4.78 is 0. The van der Waals surface area contributed by atoms with Gasteiger partial charge in [0.2, 0.25) is 0 Å². The fourth-order valence-electron chi connectivity index (χ4n) is 1.42. The Balaban J connectivity index is 2.40. The highest BCUT2D eigenvalue weighted by molar-refractivity contribution is 6.35. The third kappa shape index (κ3) is 2.72. The van der Waals surface area contributed by atoms with Gasteiger partial charge in [-0.1, -0.05) is 23.2 Å². The van der Waals surface area contributed by atoms with Gasteiger partial charge in [-0.25, -0.2) is 4.79 Å². The predicted octanol–water partition coefficient (Wildman–Crippen LogP) is 3.83. The van der Waals surface area contributed by atoms with Gasteiger partial charge in [-0.15, -0.1) is 0 Å². The molecule has 2 N–H and O–H groups in total. The molecule has 2 rings (SSSR count). The average Bonchev–Trinajstić information content (AvgIpc) is 2.34. The number of anilines is 2. The minimum absolute atomic E-state index is 0.112. The molecule has 0 radical (unpaired) electrons. The van der Waals surface area contributed by atoms with Crippen molar-refractivity contribution in [2.45, 2.75) is 0 Å². The molecule has 1 aromatic heterocycles. The molecular weight excluding hydrogens is 275 g/mol. The highest BCUT2D eigenvalue weighted by Gasteiger charge is 2.11. The molecule has 4 nitrogen and oxygen atoms in total. The first-order chi connectivity index (χ1) is 8.58. The fourth-order valence-corrected chi connectivity index (χ4v) is 1.76. The first-order valence-electron chi connectivity index (χ1n) is 4.97. The van der Waals surface area contributed by atoms with Crippen LogP contribution in [0.1, 0.15) is 10.4 Å². The molecule has 92 valence electrons. The number of aromatic nitrogens is 1. The van der Waals surface area contributed by atoms with Crippen molar-refractivity contribution in [1.29, 1.82) is 0 Å². The van der Waals surface area contributed by atoms with Crippen molar-refractivity contribution < 1.29 is 9.90 Å². The zero-order chi connectivity index (χ0) is 13.1. The lowest BCUT2D eigenvalue weighted by atomic mass is 10.2. The molecule has 0 spiro atoms. The number of nitrogens with one attached hydrogen (secondary N) is 1. The van der Waals surface area contributed by atoms with E-state index in [2.05, 4.69) is 10.3 Å². The number of benzene rings is 1. The van der Waals surface area contributed by atoms with Crippen LogP contribution in [-0.2, 0) is 0 Å². The van der Waals surface area contributed by atoms with Gasteiger partial charge in [0, 0.05) is 11.2 Å². The van der Waals surface area contributed by atoms with Crippen LogP contribution in [0.25, 0.3) is 0 Å². The molecule has 0 fully saturated rings. The van der Waals surface area contributed by atoms with Gasteiger partial charge in [-0.3, -0.25) is 4.98 Å². The van der Waals surface area contributed by atoms with Gasteiger partial charge < -0.3 is 10.4 Å². The monoisotopic (exact) mass is 282 g/mol. The third-order valence-electron chi connectivity index (χ3n) is 2.25. The van der Waals surface area contributed by atoms with Gasteiger partial charge in [0.05, 0.1) is 28.2 Å². The molecular formula is C12H8Cl2N2O2. The van der Waals surface area contributed by atoms with Gasteiger partial charge in [-0.2, -0.15) is 0 Å². The summed E-state index contributed by atoms with van der Waals surface area (Å²) >= 11 is 11.8. The van der Waals surface area contributed by atoms with Gasteiger partial charge in [0.1, 0.15) is 0 Å². The normalized spacial score (nSPS) is 10.1. The van der Waals surface area contributed by atoms with Crippen LogP contribution in [-0.4, -0.2) is 16.1 Å². The summed E-state index contributed by atoms with van der Waals surface area (Å²) in [7, 11) is 0. The number of nitrogens with zero attached hydrogens (tertiary/aromatic N) is 1. The molecule has 0 saturated heterocycles. The van der Waals surface area contributed by atoms with Gasteiger partial charge >= 0.3 is 5.97 Å². The summed E-state index contributed by atoms with van der Waals surface area (Å²) in [6.45, 7) is 0. The lowest BCUT2D eigenvalue weighted by Crippen LogP contribution is -2.03. The van der Waals surface area contributed by atoms with Crippen LogP contribution < -0.4 is 5.32 Å². The van der Waals surface area contributed by atoms with E-state index in [1.165, 1.54) is 18.5 Å². The Kier molecular flexibility index (Phi) is 3.69. The van der Waals surface area contributed by atoms with Crippen molar-refractivity contribution >= 4 is 40.5 Å². The van der Waals surface area contributed by atoms with Crippen LogP contribution in [0, 0.1) is 0 Å². The maximum atomic E-state index is 11.0. The quantitative estimate of drug-likeness (QED) is 0.898. The van der Waals surface area contributed by atoms with E-state index in [-0.39, 0.29) is 5.56 Å². The van der Waals surface area contributed by atoms with E-state index < -0.39 is 5.97 Å². The van der Waals surface area contributed by atoms with Crippen molar-refractivity contribution in [3.63, 3.8) is 0 Å². The van der Waals surface area contributed by atoms with E-state index in [0.29, 0.717) is 21.4 Å². The lowest BCUT2D eigenvalue weighted by molar-refractivity contribution is 0.0698. The predicted molar refractivity (Wildman–Crippen MR) is 70.9 cm³/mol. The Morgan fingerprint density at radius 1 is 1.22 bits per heavy atom. The van der Waals surface area contributed by atoms with E-state index in [4.69, 9.17) is 28.3 Å². The number of carbonyl (C=O) groups is 1. The van der Waals surface area contributed by atoms with E-state index >= 15 is 0 Å². The molecule has 0 saturated carbocycles. The van der Waals surface area contributed by atoms with Gasteiger partial charge in [-0.05, 0) is 24.3 Å². The molecule has 0 aliphatic carbocycles. The van der Waals surface area contributed by atoms with E-state index in [0.717, 1.165) is 0 Å². The number of hydrogen-bond donors (Lipinski definition) is 2. The number of pyridine rings is 1. The molecule has 0 unspecified atom stereocenters. The van der Waals surface area contributed by atoms with Crippen molar-refractivity contribution in [3.05, 3.63) is 52.3 Å². The zero-order valence-corrected chi connectivity index (χ0v) is 10.5. The average molecular weight is 283 g/mol. The molecule has 0 bridgehead atoms. The Morgan fingerprint density at radius 3 is 2.72 bits per heavy atom. The molecule has 0 aliphatic rings. The van der Waals surface area contributed by atoms with E-state index in [1.807, 2.05) is 0 Å². The number of rotatable bonds is 3. The summed E-state index contributed by atoms with van der Waals surface area (Å²) in [5, 5.41) is 12.9. The standard InChI is InChI=1S/C12H8Cl2N2O2/c13-7-1-2-9(14)10(5-7)16-11-6-15-4-3-8(11)12(17)18/h1-6,16H,(H,17,18). The van der Waals surface area contributed by atoms with E-state index in [9.17, 15) is 4.79 Å². The van der Waals surface area contributed by atoms with Gasteiger partial charge in [0.15, 0.2) is 0 Å². The summed E-state index contributed by atoms with van der Waals surface area (Å²) in [5.74, 6) is -1.04. The lowest BCUT2D eigenvalue weighted by Gasteiger charge is -2.10. The second-order valence-electron chi connectivity index (χ2n) is 3.48. The number of carboxylic acid groups (broad SMARTS) is 1. The Morgan fingerprint density at radius 2 is 2.00 bits per heavy atom. The van der Waals surface area contributed by atoms with Crippen LogP contribution in [0.5, 0.6) is 0 Å². The number of aromatic carboxylic acids is 1. The molecule has 1 heterocycles. The Hall–Kier alpha value is -1.78. The van der Waals surface area contributed by atoms with Crippen LogP contribution in [0.2, 0.25) is 10.0 Å². The van der Waals surface area contributed by atoms with Crippen LogP contribution in [0.15, 0.2) is 36.7 Å². The highest BCUT2D eigenvalue weighted by atomic mass is 35.5. The molecule has 0 aliphatic heterocycles. The first kappa shape index (κ1) is 12.7. The van der Waals surface area contributed by atoms with E-state index in [1.54, 1.807) is 18.2 Å². The minimum atomic E-state index is -1.04. The van der Waals surface area contributed by atoms with Crippen LogP contribution >= 0.6 is 23.2 Å². The van der Waals surface area contributed by atoms with Crippen LogP contribution in [0.4, 0.5) is 11.4 Å². The molecule has 6 heteroatoms. The van der Waals surface area contributed by atoms with Gasteiger partial charge in [0.25, 0.3) is 0 Å². The topological polar surface area (TPSA) is 62.2 Å². The second-order valence-corrected chi connectivity index (χ2v) is 4.32. The van der Waals surface area contributed by atoms with Crippen molar-refractivity contribution in [3.8, 4) is 0 Å². The van der Waals surface area contributed by atoms with Crippen LogP contribution in [0.3, 0.4) is 0 Å². The smallest absolute Gasteiger partial charge is 0.337 e.